The van der Waals surface area contributed by atoms with Crippen molar-refractivity contribution >= 4 is 46.0 Å². The summed E-state index contributed by atoms with van der Waals surface area (Å²) in [4.78, 5) is 24.7. The first kappa shape index (κ1) is 30.2. The summed E-state index contributed by atoms with van der Waals surface area (Å²) in [5.41, 5.74) is 10.1. The van der Waals surface area contributed by atoms with Crippen LogP contribution in [0, 0.1) is 12.7 Å². The van der Waals surface area contributed by atoms with Gasteiger partial charge in [0.05, 0.1) is 15.0 Å². The maximum absolute atomic E-state index is 14.0. The van der Waals surface area contributed by atoms with Gasteiger partial charge in [-0.15, -0.1) is 11.8 Å². The molecule has 1 heterocycles. The van der Waals surface area contributed by atoms with Crippen LogP contribution in [-0.2, 0) is 6.42 Å². The number of aromatic nitrogens is 2. The third-order valence-corrected chi connectivity index (χ3v) is 8.57. The number of nitrogens with zero attached hydrogens (tertiary/aromatic N) is 2. The number of carbonyl (C=O) groups is 2. The summed E-state index contributed by atoms with van der Waals surface area (Å²) in [6.45, 7) is 11.8. The molecule has 1 aromatic heterocycles. The number of hydrogen-bond donors (Lipinski definition) is 2. The molecule has 1 amide bonds. The standard InChI is InChI=1S/C30H34FN3O3S2/c1-7-10-25(34-27(29(36)37)26(19(6)33-34)22-11-9-12-23(31)15-22)39-30(38-17(3)4)18(5)21-14-13-20(8-2)24(16-21)28(32)35/h9-17H,7-8H2,1-6H3,(H2,32,35)(H,36,37)/b25-10+,30-18+. The first-order valence-corrected chi connectivity index (χ1v) is 14.5. The van der Waals surface area contributed by atoms with Crippen molar-refractivity contribution in [2.45, 2.75) is 59.6 Å². The number of thioether (sulfide) groups is 2. The second-order valence-corrected chi connectivity index (χ2v) is 12.1. The SMILES string of the molecule is CC/C=C(/S/C(SC(C)C)=C(\C)c1ccc(CC)c(C(N)=O)c1)n1nc(C)c(-c2cccc(F)c2)c1C(=O)O. The second kappa shape index (κ2) is 13.2. The highest BCUT2D eigenvalue weighted by Crippen LogP contribution is 2.45. The van der Waals surface area contributed by atoms with E-state index in [4.69, 9.17) is 5.73 Å². The average Bonchev–Trinajstić information content (AvgIpc) is 3.24. The Bertz CT molecular complexity index is 1460. The van der Waals surface area contributed by atoms with Crippen LogP contribution in [0.2, 0.25) is 0 Å². The number of rotatable bonds is 11. The summed E-state index contributed by atoms with van der Waals surface area (Å²) in [6.07, 6.45) is 3.27. The molecular formula is C30H34FN3O3S2. The zero-order valence-electron chi connectivity index (χ0n) is 23.0. The van der Waals surface area contributed by atoms with Crippen molar-refractivity contribution in [1.82, 2.24) is 9.78 Å². The van der Waals surface area contributed by atoms with Crippen molar-refractivity contribution in [2.24, 2.45) is 5.73 Å². The van der Waals surface area contributed by atoms with E-state index in [1.807, 2.05) is 45.0 Å². The van der Waals surface area contributed by atoms with Gasteiger partial charge >= 0.3 is 5.97 Å². The van der Waals surface area contributed by atoms with Gasteiger partial charge in [0.2, 0.25) is 5.91 Å². The Morgan fingerprint density at radius 2 is 1.90 bits per heavy atom. The molecule has 3 rings (SSSR count). The molecule has 0 atom stereocenters. The molecule has 0 aliphatic carbocycles. The fraction of sp³-hybridized carbons (Fsp3) is 0.300. The summed E-state index contributed by atoms with van der Waals surface area (Å²) in [6, 6.07) is 11.6. The maximum atomic E-state index is 14.0. The molecule has 0 radical (unpaired) electrons. The first-order chi connectivity index (χ1) is 18.5. The molecule has 0 aliphatic rings. The number of aryl methyl sites for hydroxylation is 2. The van der Waals surface area contributed by atoms with Crippen LogP contribution >= 0.6 is 23.5 Å². The van der Waals surface area contributed by atoms with Crippen molar-refractivity contribution in [3.05, 3.63) is 86.7 Å². The molecule has 0 unspecified atom stereocenters. The normalized spacial score (nSPS) is 12.6. The highest BCUT2D eigenvalue weighted by molar-refractivity contribution is 8.26. The smallest absolute Gasteiger partial charge is 0.355 e. The van der Waals surface area contributed by atoms with E-state index < -0.39 is 17.7 Å². The predicted octanol–water partition coefficient (Wildman–Crippen LogP) is 7.83. The Morgan fingerprint density at radius 3 is 2.46 bits per heavy atom. The van der Waals surface area contributed by atoms with Crippen molar-refractivity contribution < 1.29 is 19.1 Å². The van der Waals surface area contributed by atoms with Crippen LogP contribution in [0.25, 0.3) is 21.7 Å². The molecule has 3 N–H and O–H groups in total. The maximum Gasteiger partial charge on any atom is 0.355 e. The van der Waals surface area contributed by atoms with Gasteiger partial charge in [-0.2, -0.15) is 5.10 Å². The minimum Gasteiger partial charge on any atom is -0.476 e. The highest BCUT2D eigenvalue weighted by atomic mass is 32.2. The molecule has 0 fully saturated rings. The Kier molecular flexibility index (Phi) is 10.2. The van der Waals surface area contributed by atoms with Crippen LogP contribution in [-0.4, -0.2) is 32.0 Å². The van der Waals surface area contributed by atoms with Gasteiger partial charge in [-0.3, -0.25) is 4.79 Å². The first-order valence-electron chi connectivity index (χ1n) is 12.8. The summed E-state index contributed by atoms with van der Waals surface area (Å²) in [5, 5.41) is 15.7. The lowest BCUT2D eigenvalue weighted by Crippen LogP contribution is -2.14. The van der Waals surface area contributed by atoms with Crippen molar-refractivity contribution in [2.75, 3.05) is 0 Å². The molecule has 0 saturated carbocycles. The number of allylic oxidation sites excluding steroid dienone is 2. The number of carbonyl (C=O) groups excluding carboxylic acids is 1. The fourth-order valence-electron chi connectivity index (χ4n) is 4.18. The molecule has 206 valence electrons. The monoisotopic (exact) mass is 567 g/mol. The Morgan fingerprint density at radius 1 is 1.18 bits per heavy atom. The highest BCUT2D eigenvalue weighted by Gasteiger charge is 2.26. The second-order valence-electron chi connectivity index (χ2n) is 9.26. The molecule has 0 bridgehead atoms. The van der Waals surface area contributed by atoms with E-state index in [1.54, 1.807) is 30.8 Å². The summed E-state index contributed by atoms with van der Waals surface area (Å²) in [7, 11) is 0. The zero-order valence-corrected chi connectivity index (χ0v) is 24.7. The van der Waals surface area contributed by atoms with Crippen LogP contribution in [0.5, 0.6) is 0 Å². The number of carboxylic acid groups (broad SMARTS) is 1. The van der Waals surface area contributed by atoms with E-state index in [-0.39, 0.29) is 10.9 Å². The molecule has 6 nitrogen and oxygen atoms in total. The van der Waals surface area contributed by atoms with Gasteiger partial charge < -0.3 is 10.8 Å². The number of carboxylic acids is 1. The van der Waals surface area contributed by atoms with E-state index >= 15 is 0 Å². The van der Waals surface area contributed by atoms with Crippen LogP contribution in [0.15, 0.2) is 52.8 Å². The fourth-order valence-corrected chi connectivity index (χ4v) is 6.86. The van der Waals surface area contributed by atoms with Gasteiger partial charge in [0.15, 0.2) is 5.69 Å². The molecule has 0 aliphatic heterocycles. The molecule has 2 aromatic carbocycles. The van der Waals surface area contributed by atoms with Gasteiger partial charge in [0, 0.05) is 16.4 Å². The van der Waals surface area contributed by atoms with E-state index in [0.29, 0.717) is 40.3 Å². The lowest BCUT2D eigenvalue weighted by atomic mass is 9.99. The van der Waals surface area contributed by atoms with Gasteiger partial charge in [-0.05, 0) is 67.2 Å². The number of hydrogen-bond acceptors (Lipinski definition) is 5. The third kappa shape index (κ3) is 7.02. The Labute approximate surface area is 237 Å². The number of benzene rings is 2. The van der Waals surface area contributed by atoms with Crippen molar-refractivity contribution in [3.63, 3.8) is 0 Å². The molecule has 3 aromatic rings. The number of nitrogens with two attached hydrogens (primary N) is 1. The number of halogens is 1. The third-order valence-electron chi connectivity index (χ3n) is 6.00. The minimum absolute atomic E-state index is 0.0276. The summed E-state index contributed by atoms with van der Waals surface area (Å²) < 4.78 is 16.4. The van der Waals surface area contributed by atoms with E-state index in [0.717, 1.165) is 20.9 Å². The quantitative estimate of drug-likeness (QED) is 0.245. The topological polar surface area (TPSA) is 98.2 Å². The Balaban J connectivity index is 2.19. The zero-order chi connectivity index (χ0) is 28.9. The van der Waals surface area contributed by atoms with Crippen LogP contribution in [0.4, 0.5) is 4.39 Å². The molecule has 9 heteroatoms. The van der Waals surface area contributed by atoms with E-state index in [1.165, 1.54) is 28.6 Å². The predicted molar refractivity (Wildman–Crippen MR) is 161 cm³/mol. The number of aromatic carboxylic acids is 1. The largest absolute Gasteiger partial charge is 0.476 e. The molecule has 0 spiro atoms. The summed E-state index contributed by atoms with van der Waals surface area (Å²) in [5.74, 6) is -2.08. The lowest BCUT2D eigenvalue weighted by Gasteiger charge is -2.18. The average molecular weight is 568 g/mol. The van der Waals surface area contributed by atoms with E-state index in [2.05, 4.69) is 18.9 Å². The Hall–Kier alpha value is -3.30. The van der Waals surface area contributed by atoms with Crippen molar-refractivity contribution in [1.29, 1.82) is 0 Å². The van der Waals surface area contributed by atoms with Crippen LogP contribution in [0.1, 0.15) is 78.7 Å². The van der Waals surface area contributed by atoms with Gasteiger partial charge in [-0.1, -0.05) is 69.8 Å². The van der Waals surface area contributed by atoms with Gasteiger partial charge in [-0.25, -0.2) is 13.9 Å². The van der Waals surface area contributed by atoms with Gasteiger partial charge in [0.25, 0.3) is 0 Å². The molecular weight excluding hydrogens is 533 g/mol. The number of amides is 1. The summed E-state index contributed by atoms with van der Waals surface area (Å²) >= 11 is 3.07. The van der Waals surface area contributed by atoms with Crippen LogP contribution < -0.4 is 5.73 Å². The lowest BCUT2D eigenvalue weighted by molar-refractivity contribution is 0.0688. The molecule has 0 saturated heterocycles. The van der Waals surface area contributed by atoms with Crippen LogP contribution in [0.3, 0.4) is 0 Å². The van der Waals surface area contributed by atoms with Gasteiger partial charge in [0.1, 0.15) is 5.82 Å². The number of primary amides is 1. The molecule has 39 heavy (non-hydrogen) atoms. The van der Waals surface area contributed by atoms with E-state index in [9.17, 15) is 19.1 Å². The minimum atomic E-state index is -1.16. The van der Waals surface area contributed by atoms with Crippen molar-refractivity contribution in [3.8, 4) is 11.1 Å².